The summed E-state index contributed by atoms with van der Waals surface area (Å²) in [6, 6.07) is 9.65. The zero-order chi connectivity index (χ0) is 12.5. The van der Waals surface area contributed by atoms with Crippen molar-refractivity contribution in [3.8, 4) is 0 Å². The lowest BCUT2D eigenvalue weighted by Crippen LogP contribution is -2.36. The Morgan fingerprint density at radius 2 is 2.06 bits per heavy atom. The molecule has 0 saturated heterocycles. The van der Waals surface area contributed by atoms with E-state index in [2.05, 4.69) is 5.32 Å². The molecule has 0 aliphatic rings. The van der Waals surface area contributed by atoms with Gasteiger partial charge in [-0.2, -0.15) is 0 Å². The molecule has 0 aliphatic heterocycles. The first-order valence-electron chi connectivity index (χ1n) is 5.95. The number of hydrogen-bond donors (Lipinski definition) is 2. The van der Waals surface area contributed by atoms with E-state index < -0.39 is 0 Å². The van der Waals surface area contributed by atoms with Gasteiger partial charge in [0.1, 0.15) is 0 Å². The second kappa shape index (κ2) is 7.68. The summed E-state index contributed by atoms with van der Waals surface area (Å²) >= 11 is 0. The van der Waals surface area contributed by atoms with Gasteiger partial charge in [0.2, 0.25) is 5.91 Å². The molecule has 4 heteroatoms. The average Bonchev–Trinajstić information content (AvgIpc) is 2.38. The lowest BCUT2D eigenvalue weighted by Gasteiger charge is -2.20. The normalized spacial score (nSPS) is 10.0. The maximum absolute atomic E-state index is 11.8. The summed E-state index contributed by atoms with van der Waals surface area (Å²) in [5.41, 5.74) is 0.944. The Labute approximate surface area is 102 Å². The summed E-state index contributed by atoms with van der Waals surface area (Å²) in [5.74, 6) is 0.0600. The molecule has 0 atom stereocenters. The number of benzene rings is 1. The summed E-state index contributed by atoms with van der Waals surface area (Å²) < 4.78 is 0. The highest BCUT2D eigenvalue weighted by Gasteiger charge is 2.10. The number of anilines is 1. The molecule has 0 spiro atoms. The van der Waals surface area contributed by atoms with E-state index in [1.54, 1.807) is 4.90 Å². The number of rotatable bonds is 7. The second-order valence-corrected chi connectivity index (χ2v) is 3.77. The van der Waals surface area contributed by atoms with Crippen LogP contribution >= 0.6 is 0 Å². The Bertz CT molecular complexity index is 327. The number of para-hydroxylation sites is 1. The second-order valence-electron chi connectivity index (χ2n) is 3.77. The van der Waals surface area contributed by atoms with Gasteiger partial charge in [0.05, 0.1) is 6.54 Å². The number of nitrogens with zero attached hydrogens (tertiary/aromatic N) is 1. The minimum Gasteiger partial charge on any atom is -0.396 e. The van der Waals surface area contributed by atoms with E-state index in [1.165, 1.54) is 0 Å². The first kappa shape index (κ1) is 13.5. The van der Waals surface area contributed by atoms with Gasteiger partial charge in [0, 0.05) is 25.4 Å². The number of nitrogens with one attached hydrogen (secondary N) is 1. The SMILES string of the molecule is CCN(CCCO)C(=O)CNc1ccccc1. The lowest BCUT2D eigenvalue weighted by molar-refractivity contribution is -0.129. The van der Waals surface area contributed by atoms with Crippen LogP contribution in [-0.2, 0) is 4.79 Å². The topological polar surface area (TPSA) is 52.6 Å². The highest BCUT2D eigenvalue weighted by Crippen LogP contribution is 2.04. The van der Waals surface area contributed by atoms with E-state index in [1.807, 2.05) is 37.3 Å². The van der Waals surface area contributed by atoms with Crippen molar-refractivity contribution in [2.45, 2.75) is 13.3 Å². The largest absolute Gasteiger partial charge is 0.396 e. The predicted molar refractivity (Wildman–Crippen MR) is 68.9 cm³/mol. The molecule has 4 nitrogen and oxygen atoms in total. The summed E-state index contributed by atoms with van der Waals surface area (Å²) in [7, 11) is 0. The van der Waals surface area contributed by atoms with Crippen LogP contribution in [0.5, 0.6) is 0 Å². The van der Waals surface area contributed by atoms with Gasteiger partial charge in [0.15, 0.2) is 0 Å². The number of hydrogen-bond acceptors (Lipinski definition) is 3. The minimum atomic E-state index is 0.0600. The monoisotopic (exact) mass is 236 g/mol. The van der Waals surface area contributed by atoms with Crippen molar-refractivity contribution in [2.24, 2.45) is 0 Å². The number of carbonyl (C=O) groups is 1. The minimum absolute atomic E-state index is 0.0600. The molecule has 0 aromatic heterocycles. The molecule has 0 radical (unpaired) electrons. The van der Waals surface area contributed by atoms with Crippen LogP contribution in [0.15, 0.2) is 30.3 Å². The molecule has 17 heavy (non-hydrogen) atoms. The molecule has 1 rings (SSSR count). The molecule has 0 bridgehead atoms. The average molecular weight is 236 g/mol. The van der Waals surface area contributed by atoms with Gasteiger partial charge in [0.25, 0.3) is 0 Å². The maximum atomic E-state index is 11.8. The number of likely N-dealkylation sites (N-methyl/N-ethyl adjacent to an activating group) is 1. The van der Waals surface area contributed by atoms with E-state index in [4.69, 9.17) is 5.11 Å². The molecule has 1 amide bonds. The highest BCUT2D eigenvalue weighted by molar-refractivity contribution is 5.80. The summed E-state index contributed by atoms with van der Waals surface area (Å²) in [6.45, 7) is 3.65. The fourth-order valence-electron chi connectivity index (χ4n) is 1.57. The molecule has 1 aromatic carbocycles. The van der Waals surface area contributed by atoms with E-state index >= 15 is 0 Å². The van der Waals surface area contributed by atoms with Crippen molar-refractivity contribution in [3.63, 3.8) is 0 Å². The third-order valence-electron chi connectivity index (χ3n) is 2.54. The summed E-state index contributed by atoms with van der Waals surface area (Å²) in [6.07, 6.45) is 0.630. The Morgan fingerprint density at radius 1 is 1.35 bits per heavy atom. The molecule has 0 aliphatic carbocycles. The molecule has 0 fully saturated rings. The number of carbonyl (C=O) groups excluding carboxylic acids is 1. The fourth-order valence-corrected chi connectivity index (χ4v) is 1.57. The van der Waals surface area contributed by atoms with E-state index in [9.17, 15) is 4.79 Å². The molecule has 0 saturated carbocycles. The zero-order valence-corrected chi connectivity index (χ0v) is 10.2. The van der Waals surface area contributed by atoms with Gasteiger partial charge in [-0.3, -0.25) is 4.79 Å². The van der Waals surface area contributed by atoms with Crippen LogP contribution in [0.25, 0.3) is 0 Å². The third kappa shape index (κ3) is 4.87. The Balaban J connectivity index is 2.37. The van der Waals surface area contributed by atoms with Gasteiger partial charge in [-0.05, 0) is 25.5 Å². The van der Waals surface area contributed by atoms with Crippen molar-refractivity contribution >= 4 is 11.6 Å². The standard InChI is InChI=1S/C13H20N2O2/c1-2-15(9-6-10-16)13(17)11-14-12-7-4-3-5-8-12/h3-5,7-8,14,16H,2,6,9-11H2,1H3. The first-order chi connectivity index (χ1) is 8.27. The van der Waals surface area contributed by atoms with Crippen molar-refractivity contribution in [1.82, 2.24) is 4.90 Å². The van der Waals surface area contributed by atoms with Crippen molar-refractivity contribution in [2.75, 3.05) is 31.6 Å². The summed E-state index contributed by atoms with van der Waals surface area (Å²) in [5, 5.41) is 11.8. The molecular formula is C13H20N2O2. The molecule has 94 valence electrons. The quantitative estimate of drug-likeness (QED) is 0.751. The molecule has 0 heterocycles. The van der Waals surface area contributed by atoms with Crippen LogP contribution in [0.1, 0.15) is 13.3 Å². The molecule has 0 unspecified atom stereocenters. The number of aliphatic hydroxyl groups excluding tert-OH is 1. The Kier molecular flexibility index (Phi) is 6.10. The van der Waals surface area contributed by atoms with Crippen molar-refractivity contribution in [3.05, 3.63) is 30.3 Å². The van der Waals surface area contributed by atoms with Crippen LogP contribution in [0.3, 0.4) is 0 Å². The smallest absolute Gasteiger partial charge is 0.241 e. The molecular weight excluding hydrogens is 216 g/mol. The number of amides is 1. The van der Waals surface area contributed by atoms with E-state index in [0.717, 1.165) is 5.69 Å². The van der Waals surface area contributed by atoms with Gasteiger partial charge in [-0.1, -0.05) is 18.2 Å². The van der Waals surface area contributed by atoms with Crippen LogP contribution in [-0.4, -0.2) is 42.2 Å². The maximum Gasteiger partial charge on any atom is 0.241 e. The Hall–Kier alpha value is -1.55. The van der Waals surface area contributed by atoms with Gasteiger partial charge >= 0.3 is 0 Å². The molecule has 1 aromatic rings. The highest BCUT2D eigenvalue weighted by atomic mass is 16.3. The Morgan fingerprint density at radius 3 is 2.65 bits per heavy atom. The first-order valence-corrected chi connectivity index (χ1v) is 5.95. The predicted octanol–water partition coefficient (Wildman–Crippen LogP) is 1.33. The van der Waals surface area contributed by atoms with Crippen LogP contribution in [0.4, 0.5) is 5.69 Å². The van der Waals surface area contributed by atoms with Crippen LogP contribution in [0, 0.1) is 0 Å². The van der Waals surface area contributed by atoms with Gasteiger partial charge < -0.3 is 15.3 Å². The van der Waals surface area contributed by atoms with Crippen molar-refractivity contribution < 1.29 is 9.90 Å². The van der Waals surface area contributed by atoms with Gasteiger partial charge in [-0.15, -0.1) is 0 Å². The van der Waals surface area contributed by atoms with E-state index in [-0.39, 0.29) is 12.5 Å². The lowest BCUT2D eigenvalue weighted by atomic mass is 10.3. The summed E-state index contributed by atoms with van der Waals surface area (Å²) in [4.78, 5) is 13.6. The van der Waals surface area contributed by atoms with Crippen LogP contribution in [0.2, 0.25) is 0 Å². The van der Waals surface area contributed by atoms with Crippen molar-refractivity contribution in [1.29, 1.82) is 0 Å². The fraction of sp³-hybridized carbons (Fsp3) is 0.462. The zero-order valence-electron chi connectivity index (χ0n) is 10.2. The number of aliphatic hydroxyl groups is 1. The van der Waals surface area contributed by atoms with Gasteiger partial charge in [-0.25, -0.2) is 0 Å². The van der Waals surface area contributed by atoms with Crippen LogP contribution < -0.4 is 5.32 Å². The van der Waals surface area contributed by atoms with E-state index in [0.29, 0.717) is 26.1 Å². The third-order valence-corrected chi connectivity index (χ3v) is 2.54. The molecule has 2 N–H and O–H groups in total.